The number of pyridine rings is 1. The molecule has 1 amide bonds. The molecule has 2 N–H and O–H groups in total. The number of nitrogens with zero attached hydrogens (tertiary/aromatic N) is 3. The van der Waals surface area contributed by atoms with Gasteiger partial charge in [-0.15, -0.1) is 0 Å². The van der Waals surface area contributed by atoms with Gasteiger partial charge in [0.15, 0.2) is 0 Å². The number of carbonyl (C=O) groups excluding carboxylic acids is 2. The van der Waals surface area contributed by atoms with Crippen molar-refractivity contribution in [3.8, 4) is 5.82 Å². The van der Waals surface area contributed by atoms with Crippen molar-refractivity contribution in [1.29, 1.82) is 0 Å². The highest BCUT2D eigenvalue weighted by Crippen LogP contribution is 2.21. The molecule has 0 bridgehead atoms. The van der Waals surface area contributed by atoms with Gasteiger partial charge >= 0.3 is 5.97 Å². The summed E-state index contributed by atoms with van der Waals surface area (Å²) in [5.41, 5.74) is 4.09. The number of benzene rings is 1. The monoisotopic (exact) mass is 433 g/mol. The first-order valence-electron chi connectivity index (χ1n) is 10.0. The van der Waals surface area contributed by atoms with E-state index in [4.69, 9.17) is 9.47 Å². The lowest BCUT2D eigenvalue weighted by molar-refractivity contribution is 0.0387. The van der Waals surface area contributed by atoms with E-state index in [0.29, 0.717) is 40.6 Å². The van der Waals surface area contributed by atoms with E-state index in [2.05, 4.69) is 20.3 Å². The summed E-state index contributed by atoms with van der Waals surface area (Å²) >= 11 is 0. The van der Waals surface area contributed by atoms with Gasteiger partial charge in [-0.2, -0.15) is 0 Å². The van der Waals surface area contributed by atoms with Crippen LogP contribution in [0.2, 0.25) is 0 Å². The molecule has 4 aromatic rings. The Kier molecular flexibility index (Phi) is 6.00. The minimum Gasteiger partial charge on any atom is -0.460 e. The molecule has 0 aliphatic rings. The van der Waals surface area contributed by atoms with E-state index in [1.54, 1.807) is 38.5 Å². The second-order valence-electron chi connectivity index (χ2n) is 7.22. The fourth-order valence-corrected chi connectivity index (χ4v) is 3.51. The number of amides is 1. The van der Waals surface area contributed by atoms with Gasteiger partial charge in [0, 0.05) is 12.8 Å². The molecule has 0 saturated carbocycles. The highest BCUT2D eigenvalue weighted by atomic mass is 16.6. The fourth-order valence-electron chi connectivity index (χ4n) is 3.51. The molecule has 9 nitrogen and oxygen atoms in total. The van der Waals surface area contributed by atoms with E-state index in [0.717, 1.165) is 11.0 Å². The zero-order chi connectivity index (χ0) is 22.7. The van der Waals surface area contributed by atoms with Crippen LogP contribution in [0, 0.1) is 13.8 Å². The van der Waals surface area contributed by atoms with Crippen molar-refractivity contribution in [3.05, 3.63) is 71.4 Å². The zero-order valence-corrected chi connectivity index (χ0v) is 18.0. The summed E-state index contributed by atoms with van der Waals surface area (Å²) in [5, 5.41) is 2.81. The first kappa shape index (κ1) is 21.3. The number of nitrogens with one attached hydrogen (secondary N) is 2. The number of anilines is 1. The van der Waals surface area contributed by atoms with Crippen molar-refractivity contribution < 1.29 is 19.1 Å². The van der Waals surface area contributed by atoms with Crippen LogP contribution in [0.25, 0.3) is 16.9 Å². The highest BCUT2D eigenvalue weighted by Gasteiger charge is 2.23. The third kappa shape index (κ3) is 4.10. The van der Waals surface area contributed by atoms with Gasteiger partial charge < -0.3 is 19.8 Å². The minimum absolute atomic E-state index is 0.144. The molecule has 9 heteroatoms. The topological polar surface area (TPSA) is 111 Å². The molecule has 4 rings (SSSR count). The van der Waals surface area contributed by atoms with E-state index in [1.807, 2.05) is 28.8 Å². The van der Waals surface area contributed by atoms with Gasteiger partial charge in [0.25, 0.3) is 5.91 Å². The number of carbonyl (C=O) groups is 2. The van der Waals surface area contributed by atoms with Crippen molar-refractivity contribution in [3.63, 3.8) is 0 Å². The van der Waals surface area contributed by atoms with Gasteiger partial charge in [-0.3, -0.25) is 9.36 Å². The SMILES string of the molecule is COCCOC(=O)c1c(C)[nH]c(C(=O)Nc2ccc(-n3cnc4ccccc43)nc2)c1C. The number of esters is 1. The summed E-state index contributed by atoms with van der Waals surface area (Å²) < 4.78 is 12.0. The van der Waals surface area contributed by atoms with Crippen molar-refractivity contribution in [2.75, 3.05) is 25.6 Å². The van der Waals surface area contributed by atoms with E-state index < -0.39 is 5.97 Å². The van der Waals surface area contributed by atoms with E-state index in [1.165, 1.54) is 7.11 Å². The second kappa shape index (κ2) is 9.03. The predicted molar refractivity (Wildman–Crippen MR) is 119 cm³/mol. The van der Waals surface area contributed by atoms with Crippen LogP contribution >= 0.6 is 0 Å². The number of H-pyrrole nitrogens is 1. The van der Waals surface area contributed by atoms with Gasteiger partial charge in [-0.05, 0) is 43.7 Å². The average Bonchev–Trinajstić information content (AvgIpc) is 3.35. The van der Waals surface area contributed by atoms with E-state index in [9.17, 15) is 9.59 Å². The maximum atomic E-state index is 12.8. The molecule has 0 aliphatic heterocycles. The minimum atomic E-state index is -0.495. The molecule has 164 valence electrons. The molecule has 0 fully saturated rings. The Labute approximate surface area is 184 Å². The fraction of sp³-hybridized carbons (Fsp3) is 0.217. The summed E-state index contributed by atoms with van der Waals surface area (Å²) in [4.78, 5) is 37.0. The Morgan fingerprint density at radius 3 is 2.66 bits per heavy atom. The third-order valence-corrected chi connectivity index (χ3v) is 5.10. The summed E-state index contributed by atoms with van der Waals surface area (Å²) in [5.74, 6) is -0.181. The molecule has 0 saturated heterocycles. The lowest BCUT2D eigenvalue weighted by Crippen LogP contribution is -2.15. The number of ether oxygens (including phenoxy) is 2. The molecule has 1 aromatic carbocycles. The normalized spacial score (nSPS) is 11.0. The Hall–Kier alpha value is -3.98. The molecule has 0 unspecified atom stereocenters. The first-order chi connectivity index (χ1) is 15.5. The molecular formula is C23H23N5O4. The number of imidazole rings is 1. The first-order valence-corrected chi connectivity index (χ1v) is 10.0. The quantitative estimate of drug-likeness (QED) is 0.341. The van der Waals surface area contributed by atoms with Crippen LogP contribution in [0.5, 0.6) is 0 Å². The Morgan fingerprint density at radius 1 is 1.09 bits per heavy atom. The van der Waals surface area contributed by atoms with Crippen LogP contribution in [0.15, 0.2) is 48.9 Å². The molecule has 0 aliphatic carbocycles. The summed E-state index contributed by atoms with van der Waals surface area (Å²) in [7, 11) is 1.53. The number of fused-ring (bicyclic) bond motifs is 1. The molecular weight excluding hydrogens is 410 g/mol. The number of hydrogen-bond donors (Lipinski definition) is 2. The molecule has 0 atom stereocenters. The average molecular weight is 433 g/mol. The van der Waals surface area contributed by atoms with Gasteiger partial charge in [0.05, 0.1) is 35.1 Å². The molecule has 0 radical (unpaired) electrons. The smallest absolute Gasteiger partial charge is 0.340 e. The standard InChI is InChI=1S/C23H23N5O4/c1-14-20(23(30)32-11-10-31-3)15(2)26-21(14)22(29)27-16-8-9-19(24-12-16)28-13-25-17-6-4-5-7-18(17)28/h4-9,12-13,26H,10-11H2,1-3H3,(H,27,29). The lowest BCUT2D eigenvalue weighted by Gasteiger charge is -2.07. The van der Waals surface area contributed by atoms with Gasteiger partial charge in [0.1, 0.15) is 24.4 Å². The van der Waals surface area contributed by atoms with Gasteiger partial charge in [0.2, 0.25) is 0 Å². The lowest BCUT2D eigenvalue weighted by atomic mass is 10.1. The van der Waals surface area contributed by atoms with E-state index >= 15 is 0 Å². The zero-order valence-electron chi connectivity index (χ0n) is 18.0. The van der Waals surface area contributed by atoms with Gasteiger partial charge in [-0.1, -0.05) is 12.1 Å². The van der Waals surface area contributed by atoms with Crippen LogP contribution in [0.1, 0.15) is 32.1 Å². The maximum Gasteiger partial charge on any atom is 0.340 e. The summed E-state index contributed by atoms with van der Waals surface area (Å²) in [6, 6.07) is 11.3. The largest absolute Gasteiger partial charge is 0.460 e. The Morgan fingerprint density at radius 2 is 1.91 bits per heavy atom. The number of aromatic nitrogens is 4. The maximum absolute atomic E-state index is 12.8. The van der Waals surface area contributed by atoms with Crippen molar-refractivity contribution in [2.45, 2.75) is 13.8 Å². The number of aromatic amines is 1. The van der Waals surface area contributed by atoms with Gasteiger partial charge in [-0.25, -0.2) is 14.8 Å². The van der Waals surface area contributed by atoms with Crippen molar-refractivity contribution in [1.82, 2.24) is 19.5 Å². The predicted octanol–water partition coefficient (Wildman–Crippen LogP) is 3.42. The van der Waals surface area contributed by atoms with Crippen LogP contribution in [-0.2, 0) is 9.47 Å². The number of hydrogen-bond acceptors (Lipinski definition) is 6. The Balaban J connectivity index is 1.50. The van der Waals surface area contributed by atoms with Crippen LogP contribution < -0.4 is 5.32 Å². The second-order valence-corrected chi connectivity index (χ2v) is 7.22. The molecule has 32 heavy (non-hydrogen) atoms. The number of methoxy groups -OCH3 is 1. The Bertz CT molecular complexity index is 1270. The number of para-hydroxylation sites is 2. The third-order valence-electron chi connectivity index (χ3n) is 5.10. The summed E-state index contributed by atoms with van der Waals surface area (Å²) in [6.45, 7) is 3.88. The van der Waals surface area contributed by atoms with Crippen molar-refractivity contribution in [2.24, 2.45) is 0 Å². The van der Waals surface area contributed by atoms with Crippen LogP contribution in [0.4, 0.5) is 5.69 Å². The summed E-state index contributed by atoms with van der Waals surface area (Å²) in [6.07, 6.45) is 3.29. The van der Waals surface area contributed by atoms with E-state index in [-0.39, 0.29) is 12.5 Å². The number of rotatable bonds is 7. The molecule has 3 heterocycles. The number of aryl methyl sites for hydroxylation is 1. The highest BCUT2D eigenvalue weighted by molar-refractivity contribution is 6.06. The molecule has 0 spiro atoms. The van der Waals surface area contributed by atoms with Crippen molar-refractivity contribution >= 4 is 28.6 Å². The van der Waals surface area contributed by atoms with Crippen LogP contribution in [0.3, 0.4) is 0 Å². The van der Waals surface area contributed by atoms with Crippen LogP contribution in [-0.4, -0.2) is 51.7 Å². The molecule has 3 aromatic heterocycles.